The van der Waals surface area contributed by atoms with Gasteiger partial charge in [0.05, 0.1) is 6.33 Å². The van der Waals surface area contributed by atoms with Crippen LogP contribution in [0.25, 0.3) is 0 Å². The van der Waals surface area contributed by atoms with Crippen molar-refractivity contribution in [1.29, 1.82) is 0 Å². The molecule has 0 radical (unpaired) electrons. The van der Waals surface area contributed by atoms with Gasteiger partial charge in [0, 0.05) is 68.8 Å². The number of hydrogen-bond donors (Lipinski definition) is 1. The molecule has 4 rings (SSSR count). The molecular formula is C20H27N5O3. The number of hydrogen-bond acceptors (Lipinski definition) is 5. The van der Waals surface area contributed by atoms with E-state index >= 15 is 0 Å². The van der Waals surface area contributed by atoms with Crippen LogP contribution in [0.5, 0.6) is 0 Å². The highest BCUT2D eigenvalue weighted by atomic mass is 16.5. The number of carbonyl (C=O) groups excluding carboxylic acids is 2. The van der Waals surface area contributed by atoms with Crippen molar-refractivity contribution in [3.63, 3.8) is 0 Å². The van der Waals surface area contributed by atoms with Gasteiger partial charge in [-0.05, 0) is 19.3 Å². The summed E-state index contributed by atoms with van der Waals surface area (Å²) in [6, 6.07) is 1.74. The molecule has 0 unspecified atom stereocenters. The first-order chi connectivity index (χ1) is 13.6. The summed E-state index contributed by atoms with van der Waals surface area (Å²) in [5.74, 6) is 0.865. The lowest BCUT2D eigenvalue weighted by atomic mass is 9.73. The molecule has 1 atom stereocenters. The second-order valence-corrected chi connectivity index (χ2v) is 8.00. The summed E-state index contributed by atoms with van der Waals surface area (Å²) in [6.45, 7) is 4.77. The van der Waals surface area contributed by atoms with Crippen LogP contribution in [0.2, 0.25) is 0 Å². The molecule has 2 amide bonds. The lowest BCUT2D eigenvalue weighted by molar-refractivity contribution is -0.138. The van der Waals surface area contributed by atoms with Gasteiger partial charge in [-0.1, -0.05) is 12.1 Å². The van der Waals surface area contributed by atoms with E-state index in [9.17, 15) is 9.59 Å². The molecule has 2 saturated heterocycles. The SMILES string of the molecule is CCc1cc(C(=O)N2CCC[C@]3(CCC(=O)N(CCc4cnc[nH]4)C3)C2)no1. The number of H-pyrrole nitrogens is 1. The minimum atomic E-state index is -0.0663. The summed E-state index contributed by atoms with van der Waals surface area (Å²) in [4.78, 5) is 36.3. The lowest BCUT2D eigenvalue weighted by Gasteiger charge is -2.48. The van der Waals surface area contributed by atoms with Crippen LogP contribution in [0, 0.1) is 5.41 Å². The summed E-state index contributed by atoms with van der Waals surface area (Å²) in [5, 5.41) is 3.94. The first-order valence-corrected chi connectivity index (χ1v) is 10.1. The summed E-state index contributed by atoms with van der Waals surface area (Å²) in [7, 11) is 0. The number of aryl methyl sites for hydroxylation is 1. The number of aromatic amines is 1. The fourth-order valence-electron chi connectivity index (χ4n) is 4.44. The van der Waals surface area contributed by atoms with E-state index in [1.165, 1.54) is 0 Å². The summed E-state index contributed by atoms with van der Waals surface area (Å²) < 4.78 is 5.20. The molecule has 0 bridgehead atoms. The molecule has 0 aliphatic carbocycles. The highest BCUT2D eigenvalue weighted by Crippen LogP contribution is 2.39. The van der Waals surface area contributed by atoms with Gasteiger partial charge in [-0.25, -0.2) is 4.98 Å². The Kier molecular flexibility index (Phi) is 5.19. The standard InChI is InChI=1S/C20H27N5O3/c1-2-16-10-17(23-28-16)19(27)25-8-3-6-20(13-25)7-4-18(26)24(12-20)9-5-15-11-21-14-22-15/h10-11,14H,2-9,12-13H2,1H3,(H,21,22)/t20-/m1/s1. The molecule has 0 aromatic carbocycles. The van der Waals surface area contributed by atoms with E-state index < -0.39 is 0 Å². The summed E-state index contributed by atoms with van der Waals surface area (Å²) >= 11 is 0. The van der Waals surface area contributed by atoms with Crippen LogP contribution in [0.15, 0.2) is 23.1 Å². The third-order valence-electron chi connectivity index (χ3n) is 6.03. The van der Waals surface area contributed by atoms with Gasteiger partial charge in [-0.3, -0.25) is 9.59 Å². The van der Waals surface area contributed by atoms with Crippen molar-refractivity contribution in [2.75, 3.05) is 26.2 Å². The van der Waals surface area contributed by atoms with E-state index in [0.717, 1.165) is 50.1 Å². The second-order valence-electron chi connectivity index (χ2n) is 8.00. The molecule has 1 spiro atoms. The Hall–Kier alpha value is -2.64. The average molecular weight is 385 g/mol. The minimum Gasteiger partial charge on any atom is -0.361 e. The molecule has 8 nitrogen and oxygen atoms in total. The van der Waals surface area contributed by atoms with Crippen molar-refractivity contribution in [2.24, 2.45) is 5.41 Å². The van der Waals surface area contributed by atoms with E-state index in [-0.39, 0.29) is 17.2 Å². The fourth-order valence-corrected chi connectivity index (χ4v) is 4.44. The Morgan fingerprint density at radius 1 is 1.36 bits per heavy atom. The fraction of sp³-hybridized carbons (Fsp3) is 0.600. The van der Waals surface area contributed by atoms with Crippen LogP contribution >= 0.6 is 0 Å². The first-order valence-electron chi connectivity index (χ1n) is 10.1. The number of piperidine rings is 2. The Morgan fingerprint density at radius 3 is 3.00 bits per heavy atom. The van der Waals surface area contributed by atoms with Gasteiger partial charge >= 0.3 is 0 Å². The predicted molar refractivity (Wildman–Crippen MR) is 102 cm³/mol. The van der Waals surface area contributed by atoms with Gasteiger partial charge in [0.15, 0.2) is 5.69 Å². The number of carbonyl (C=O) groups is 2. The average Bonchev–Trinajstić information content (AvgIpc) is 3.40. The van der Waals surface area contributed by atoms with Crippen LogP contribution < -0.4 is 0 Å². The monoisotopic (exact) mass is 385 g/mol. The molecular weight excluding hydrogens is 358 g/mol. The van der Waals surface area contributed by atoms with Gasteiger partial charge in [0.2, 0.25) is 5.91 Å². The Bertz CT molecular complexity index is 831. The zero-order valence-corrected chi connectivity index (χ0v) is 16.3. The van der Waals surface area contributed by atoms with Crippen molar-refractivity contribution in [3.05, 3.63) is 35.7 Å². The van der Waals surface area contributed by atoms with Crippen molar-refractivity contribution in [2.45, 2.75) is 45.4 Å². The third-order valence-corrected chi connectivity index (χ3v) is 6.03. The molecule has 2 fully saturated rings. The van der Waals surface area contributed by atoms with E-state index in [4.69, 9.17) is 4.52 Å². The number of aromatic nitrogens is 3. The normalized spacial score (nSPS) is 22.8. The maximum atomic E-state index is 12.9. The minimum absolute atomic E-state index is 0.0207. The molecule has 0 saturated carbocycles. The van der Waals surface area contributed by atoms with Gasteiger partial charge in [-0.15, -0.1) is 0 Å². The topological polar surface area (TPSA) is 95.3 Å². The smallest absolute Gasteiger partial charge is 0.276 e. The van der Waals surface area contributed by atoms with Crippen molar-refractivity contribution < 1.29 is 14.1 Å². The molecule has 4 heterocycles. The third kappa shape index (κ3) is 3.81. The Morgan fingerprint density at radius 2 is 2.25 bits per heavy atom. The molecule has 2 aliphatic heterocycles. The number of rotatable bonds is 5. The first kappa shape index (κ1) is 18.7. The summed E-state index contributed by atoms with van der Waals surface area (Å²) in [5.41, 5.74) is 1.40. The van der Waals surface area contributed by atoms with Crippen molar-refractivity contribution in [3.8, 4) is 0 Å². The number of nitrogens with zero attached hydrogens (tertiary/aromatic N) is 4. The summed E-state index contributed by atoms with van der Waals surface area (Å²) in [6.07, 6.45) is 8.34. The number of amides is 2. The molecule has 150 valence electrons. The van der Waals surface area contributed by atoms with Crippen LogP contribution in [0.3, 0.4) is 0 Å². The molecule has 2 aromatic heterocycles. The van der Waals surface area contributed by atoms with Crippen molar-refractivity contribution >= 4 is 11.8 Å². The number of likely N-dealkylation sites (tertiary alicyclic amines) is 2. The molecule has 8 heteroatoms. The quantitative estimate of drug-likeness (QED) is 0.850. The maximum absolute atomic E-state index is 12.9. The zero-order valence-electron chi connectivity index (χ0n) is 16.3. The molecule has 2 aliphatic rings. The van der Waals surface area contributed by atoms with Crippen molar-refractivity contribution in [1.82, 2.24) is 24.9 Å². The van der Waals surface area contributed by atoms with Crippen LogP contribution in [-0.4, -0.2) is 62.9 Å². The number of nitrogens with one attached hydrogen (secondary N) is 1. The van der Waals surface area contributed by atoms with E-state index in [1.54, 1.807) is 18.6 Å². The van der Waals surface area contributed by atoms with Gasteiger partial charge < -0.3 is 19.3 Å². The van der Waals surface area contributed by atoms with Crippen LogP contribution in [0.4, 0.5) is 0 Å². The molecule has 28 heavy (non-hydrogen) atoms. The van der Waals surface area contributed by atoms with Crippen LogP contribution in [0.1, 0.15) is 54.5 Å². The van der Waals surface area contributed by atoms with E-state index in [0.29, 0.717) is 31.7 Å². The highest BCUT2D eigenvalue weighted by Gasteiger charge is 2.43. The zero-order chi connectivity index (χ0) is 19.6. The predicted octanol–water partition coefficient (Wildman–Crippen LogP) is 2.05. The Labute approximate surface area is 164 Å². The highest BCUT2D eigenvalue weighted by molar-refractivity contribution is 5.92. The molecule has 2 aromatic rings. The van der Waals surface area contributed by atoms with Gasteiger partial charge in [0.1, 0.15) is 5.76 Å². The van der Waals surface area contributed by atoms with E-state index in [2.05, 4.69) is 15.1 Å². The lowest BCUT2D eigenvalue weighted by Crippen LogP contribution is -2.55. The largest absolute Gasteiger partial charge is 0.361 e. The van der Waals surface area contributed by atoms with Crippen LogP contribution in [-0.2, 0) is 17.6 Å². The Balaban J connectivity index is 1.42. The van der Waals surface area contributed by atoms with Gasteiger partial charge in [0.25, 0.3) is 5.91 Å². The maximum Gasteiger partial charge on any atom is 0.276 e. The molecule has 1 N–H and O–H groups in total. The van der Waals surface area contributed by atoms with Gasteiger partial charge in [-0.2, -0.15) is 0 Å². The van der Waals surface area contributed by atoms with E-state index in [1.807, 2.05) is 16.7 Å². The second kappa shape index (κ2) is 7.77. The number of imidazole rings is 1.